The number of hydrogen-bond donors (Lipinski definition) is 0. The Morgan fingerprint density at radius 3 is 2.61 bits per heavy atom. The molecule has 0 aliphatic carbocycles. The first-order valence-electron chi connectivity index (χ1n) is 4.71. The van der Waals surface area contributed by atoms with E-state index in [-0.39, 0.29) is 5.19 Å². The third-order valence-corrected chi connectivity index (χ3v) is 3.34. The van der Waals surface area contributed by atoms with Crippen LogP contribution in [0, 0.1) is 6.92 Å². The molecule has 0 N–H and O–H groups in total. The Morgan fingerprint density at radius 1 is 1.28 bits per heavy atom. The number of benzene rings is 1. The van der Waals surface area contributed by atoms with Crippen molar-refractivity contribution in [1.82, 2.24) is 10.2 Å². The Morgan fingerprint density at radius 2 is 2.00 bits per heavy atom. The van der Waals surface area contributed by atoms with Gasteiger partial charge in [-0.05, 0) is 24.6 Å². The van der Waals surface area contributed by atoms with E-state index in [2.05, 4.69) is 26.1 Å². The maximum Gasteiger partial charge on any atom is 0.445 e. The average molecular weight is 339 g/mol. The maximum atomic E-state index is 12.3. The summed E-state index contributed by atoms with van der Waals surface area (Å²) in [7, 11) is 0. The van der Waals surface area contributed by atoms with Crippen molar-refractivity contribution < 1.29 is 17.9 Å². The van der Waals surface area contributed by atoms with Crippen LogP contribution in [0.25, 0.3) is 0 Å². The van der Waals surface area contributed by atoms with Crippen molar-refractivity contribution in [2.45, 2.75) is 13.1 Å². The zero-order valence-corrected chi connectivity index (χ0v) is 11.4. The Labute approximate surface area is 113 Å². The summed E-state index contributed by atoms with van der Waals surface area (Å²) >= 11 is 3.62. The van der Waals surface area contributed by atoms with Crippen LogP contribution in [-0.2, 0) is 6.18 Å². The molecule has 0 atom stereocenters. The third kappa shape index (κ3) is 2.99. The van der Waals surface area contributed by atoms with Crippen molar-refractivity contribution in [3.8, 4) is 10.9 Å². The minimum absolute atomic E-state index is 0.136. The molecule has 0 saturated heterocycles. The number of ether oxygens (including phenoxy) is 1. The van der Waals surface area contributed by atoms with Crippen LogP contribution in [0.4, 0.5) is 13.2 Å². The van der Waals surface area contributed by atoms with Gasteiger partial charge in [0, 0.05) is 4.47 Å². The molecule has 1 aromatic heterocycles. The zero-order valence-electron chi connectivity index (χ0n) is 8.95. The molecule has 0 bridgehead atoms. The molecular weight excluding hydrogens is 333 g/mol. The number of aryl methyl sites for hydroxylation is 1. The largest absolute Gasteiger partial charge is 0.445 e. The SMILES string of the molecule is Cc1ccc(Br)cc1Oc1nnc(C(F)(F)F)s1. The second-order valence-corrected chi connectivity index (χ2v) is 5.24. The number of hydrogen-bond acceptors (Lipinski definition) is 4. The number of rotatable bonds is 2. The first kappa shape index (κ1) is 13.3. The molecule has 0 saturated carbocycles. The number of alkyl halides is 3. The molecule has 1 heterocycles. The van der Waals surface area contributed by atoms with Gasteiger partial charge in [-0.2, -0.15) is 13.2 Å². The second-order valence-electron chi connectivity index (χ2n) is 3.38. The molecule has 18 heavy (non-hydrogen) atoms. The van der Waals surface area contributed by atoms with Gasteiger partial charge < -0.3 is 4.74 Å². The zero-order chi connectivity index (χ0) is 13.3. The number of aromatic nitrogens is 2. The first-order valence-corrected chi connectivity index (χ1v) is 6.32. The highest BCUT2D eigenvalue weighted by atomic mass is 79.9. The van der Waals surface area contributed by atoms with Gasteiger partial charge in [-0.3, -0.25) is 0 Å². The molecule has 0 unspecified atom stereocenters. The fourth-order valence-electron chi connectivity index (χ4n) is 1.14. The van der Waals surface area contributed by atoms with Gasteiger partial charge in [-0.1, -0.05) is 38.4 Å². The van der Waals surface area contributed by atoms with Gasteiger partial charge >= 0.3 is 6.18 Å². The van der Waals surface area contributed by atoms with Crippen molar-refractivity contribution in [1.29, 1.82) is 0 Å². The molecule has 96 valence electrons. The molecule has 1 aromatic carbocycles. The maximum absolute atomic E-state index is 12.3. The van der Waals surface area contributed by atoms with Crippen molar-refractivity contribution in [2.75, 3.05) is 0 Å². The van der Waals surface area contributed by atoms with Crippen LogP contribution in [0.1, 0.15) is 10.6 Å². The fraction of sp³-hybridized carbons (Fsp3) is 0.200. The Kier molecular flexibility index (Phi) is 3.58. The van der Waals surface area contributed by atoms with Gasteiger partial charge in [0.15, 0.2) is 0 Å². The lowest BCUT2D eigenvalue weighted by Crippen LogP contribution is -2.03. The quantitative estimate of drug-likeness (QED) is 0.812. The van der Waals surface area contributed by atoms with E-state index >= 15 is 0 Å². The number of nitrogens with zero attached hydrogens (tertiary/aromatic N) is 2. The molecule has 3 nitrogen and oxygen atoms in total. The highest BCUT2D eigenvalue weighted by molar-refractivity contribution is 9.10. The molecule has 2 rings (SSSR count). The molecule has 0 fully saturated rings. The van der Waals surface area contributed by atoms with Crippen LogP contribution < -0.4 is 4.74 Å². The summed E-state index contributed by atoms with van der Waals surface area (Å²) in [5.74, 6) is 0.439. The van der Waals surface area contributed by atoms with Crippen LogP contribution in [0.2, 0.25) is 0 Å². The molecule has 0 amide bonds. The minimum Gasteiger partial charge on any atom is -0.429 e. The van der Waals surface area contributed by atoms with Crippen molar-refractivity contribution in [3.63, 3.8) is 0 Å². The summed E-state index contributed by atoms with van der Waals surface area (Å²) in [6.45, 7) is 1.79. The highest BCUT2D eigenvalue weighted by Gasteiger charge is 2.36. The van der Waals surface area contributed by atoms with E-state index in [1.807, 2.05) is 6.07 Å². The topological polar surface area (TPSA) is 35.0 Å². The summed E-state index contributed by atoms with van der Waals surface area (Å²) in [5.41, 5.74) is 0.793. The lowest BCUT2D eigenvalue weighted by molar-refractivity contribution is -0.138. The van der Waals surface area contributed by atoms with E-state index in [1.54, 1.807) is 19.1 Å². The van der Waals surface area contributed by atoms with Gasteiger partial charge in [0.1, 0.15) is 5.75 Å². The predicted octanol–water partition coefficient (Wildman–Crippen LogP) is 4.42. The summed E-state index contributed by atoms with van der Waals surface area (Å²) < 4.78 is 43.0. The minimum atomic E-state index is -4.49. The third-order valence-electron chi connectivity index (χ3n) is 2.00. The summed E-state index contributed by atoms with van der Waals surface area (Å²) in [6, 6.07) is 5.25. The van der Waals surface area contributed by atoms with Crippen LogP contribution in [0.3, 0.4) is 0 Å². The van der Waals surface area contributed by atoms with Gasteiger partial charge in [-0.15, -0.1) is 5.10 Å². The molecule has 0 aliphatic rings. The van der Waals surface area contributed by atoms with E-state index < -0.39 is 11.2 Å². The highest BCUT2D eigenvalue weighted by Crippen LogP contribution is 2.36. The average Bonchev–Trinajstić information content (AvgIpc) is 2.71. The lowest BCUT2D eigenvalue weighted by Gasteiger charge is -2.05. The van der Waals surface area contributed by atoms with Crippen molar-refractivity contribution >= 4 is 27.3 Å². The summed E-state index contributed by atoms with van der Waals surface area (Å²) in [4.78, 5) is 0. The monoisotopic (exact) mass is 338 g/mol. The number of halogens is 4. The molecular formula is C10H6BrF3N2OS. The Bertz CT molecular complexity index is 570. The second kappa shape index (κ2) is 4.85. The Hall–Kier alpha value is -1.15. The van der Waals surface area contributed by atoms with E-state index in [0.29, 0.717) is 17.1 Å². The van der Waals surface area contributed by atoms with Crippen LogP contribution in [0.15, 0.2) is 22.7 Å². The smallest absolute Gasteiger partial charge is 0.429 e. The van der Waals surface area contributed by atoms with Gasteiger partial charge in [0.2, 0.25) is 5.01 Å². The predicted molar refractivity (Wildman–Crippen MR) is 63.9 cm³/mol. The molecule has 0 radical (unpaired) electrons. The van der Waals surface area contributed by atoms with Crippen LogP contribution >= 0.6 is 27.3 Å². The fourth-order valence-corrected chi connectivity index (χ4v) is 2.06. The van der Waals surface area contributed by atoms with Crippen LogP contribution in [0.5, 0.6) is 10.9 Å². The van der Waals surface area contributed by atoms with Crippen LogP contribution in [-0.4, -0.2) is 10.2 Å². The molecule has 8 heteroatoms. The summed E-state index contributed by atoms with van der Waals surface area (Å²) in [5, 5.41) is 5.24. The van der Waals surface area contributed by atoms with Gasteiger partial charge in [0.05, 0.1) is 0 Å². The molecule has 2 aromatic rings. The first-order chi connectivity index (χ1) is 8.36. The van der Waals surface area contributed by atoms with E-state index in [4.69, 9.17) is 4.74 Å². The normalized spacial score (nSPS) is 11.6. The lowest BCUT2D eigenvalue weighted by atomic mass is 10.2. The van der Waals surface area contributed by atoms with Gasteiger partial charge in [0.25, 0.3) is 5.19 Å². The Balaban J connectivity index is 2.24. The van der Waals surface area contributed by atoms with E-state index in [1.165, 1.54) is 0 Å². The van der Waals surface area contributed by atoms with E-state index in [9.17, 15) is 13.2 Å². The van der Waals surface area contributed by atoms with E-state index in [0.717, 1.165) is 10.0 Å². The molecule has 0 spiro atoms. The summed E-state index contributed by atoms with van der Waals surface area (Å²) in [6.07, 6.45) is -4.49. The standard InChI is InChI=1S/C10H6BrF3N2OS/c1-5-2-3-6(11)4-7(5)17-9-16-15-8(18-9)10(12,13)14/h2-4H,1H3. The molecule has 0 aliphatic heterocycles. The van der Waals surface area contributed by atoms with Gasteiger partial charge in [-0.25, -0.2) is 0 Å². The van der Waals surface area contributed by atoms with Crippen molar-refractivity contribution in [2.24, 2.45) is 0 Å². The van der Waals surface area contributed by atoms with Crippen molar-refractivity contribution in [3.05, 3.63) is 33.2 Å².